The maximum atomic E-state index is 4.15. The minimum atomic E-state index is 0.907. The van der Waals surface area contributed by atoms with Crippen LogP contribution in [0.4, 0.5) is 0 Å². The molecule has 19 heavy (non-hydrogen) atoms. The maximum Gasteiger partial charge on any atom is 0.0794 e. The van der Waals surface area contributed by atoms with Crippen molar-refractivity contribution in [1.82, 2.24) is 14.9 Å². The summed E-state index contributed by atoms with van der Waals surface area (Å²) in [5.74, 6) is 0. The molecule has 0 radical (unpaired) electrons. The van der Waals surface area contributed by atoms with E-state index in [0.29, 0.717) is 0 Å². The van der Waals surface area contributed by atoms with Crippen molar-refractivity contribution in [2.24, 2.45) is 0 Å². The monoisotopic (exact) mass is 271 g/mol. The average Bonchev–Trinajstić information content (AvgIpc) is 3.06. The molecule has 3 aromatic rings. The second kappa shape index (κ2) is 5.55. The van der Waals surface area contributed by atoms with Crippen molar-refractivity contribution in [3.8, 4) is 0 Å². The van der Waals surface area contributed by atoms with Gasteiger partial charge in [0, 0.05) is 28.2 Å². The lowest BCUT2D eigenvalue weighted by atomic mass is 10.1. The summed E-state index contributed by atoms with van der Waals surface area (Å²) in [4.78, 5) is 5.44. The predicted octanol–water partition coefficient (Wildman–Crippen LogP) is 2.91. The van der Waals surface area contributed by atoms with Gasteiger partial charge in [-0.3, -0.25) is 4.98 Å². The molecule has 0 unspecified atom stereocenters. The summed E-state index contributed by atoms with van der Waals surface area (Å²) in [6.45, 7) is 1.92. The highest BCUT2D eigenvalue weighted by Gasteiger charge is 2.08. The lowest BCUT2D eigenvalue weighted by Crippen LogP contribution is -2.10. The van der Waals surface area contributed by atoms with E-state index in [0.717, 1.165) is 19.5 Å². The number of hydrogen-bond donors (Lipinski definition) is 1. The fourth-order valence-corrected chi connectivity index (χ4v) is 2.99. The second-order valence-corrected chi connectivity index (χ2v) is 5.59. The normalized spacial score (nSPS) is 11.2. The third-order valence-corrected chi connectivity index (χ3v) is 4.09. The Labute approximate surface area is 116 Å². The van der Waals surface area contributed by atoms with Crippen LogP contribution in [0, 0.1) is 0 Å². The quantitative estimate of drug-likeness (QED) is 0.773. The van der Waals surface area contributed by atoms with Crippen LogP contribution in [0.5, 0.6) is 0 Å². The van der Waals surface area contributed by atoms with Crippen LogP contribution < -0.4 is 5.32 Å². The van der Waals surface area contributed by atoms with Crippen molar-refractivity contribution in [2.45, 2.75) is 13.0 Å². The van der Waals surface area contributed by atoms with Crippen molar-refractivity contribution in [1.29, 1.82) is 0 Å². The molecule has 0 aliphatic heterocycles. The minimum Gasteiger partial charge on any atom is -0.342 e. The Hall–Kier alpha value is -1.65. The van der Waals surface area contributed by atoms with Crippen molar-refractivity contribution < 1.29 is 0 Å². The number of aromatic nitrogens is 2. The SMILES string of the molecule is CNCCc1cn(Cc2cncs2)c2ccccc12. The molecule has 3 nitrogen and oxygen atoms in total. The van der Waals surface area contributed by atoms with Crippen molar-refractivity contribution in [3.63, 3.8) is 0 Å². The molecule has 0 saturated heterocycles. The van der Waals surface area contributed by atoms with Crippen LogP contribution in [0.15, 0.2) is 42.2 Å². The van der Waals surface area contributed by atoms with Gasteiger partial charge in [0.25, 0.3) is 0 Å². The minimum absolute atomic E-state index is 0.907. The van der Waals surface area contributed by atoms with Gasteiger partial charge in [0.05, 0.1) is 12.1 Å². The Morgan fingerprint density at radius 3 is 3.00 bits per heavy atom. The summed E-state index contributed by atoms with van der Waals surface area (Å²) in [5.41, 5.74) is 4.61. The molecule has 4 heteroatoms. The molecular formula is C15H17N3S. The van der Waals surface area contributed by atoms with E-state index in [9.17, 15) is 0 Å². The van der Waals surface area contributed by atoms with Crippen molar-refractivity contribution in [2.75, 3.05) is 13.6 Å². The van der Waals surface area contributed by atoms with Gasteiger partial charge in [-0.25, -0.2) is 0 Å². The number of para-hydroxylation sites is 1. The molecule has 3 rings (SSSR count). The summed E-state index contributed by atoms with van der Waals surface area (Å²) in [7, 11) is 2.00. The average molecular weight is 271 g/mol. The van der Waals surface area contributed by atoms with Gasteiger partial charge in [-0.15, -0.1) is 11.3 Å². The fraction of sp³-hybridized carbons (Fsp3) is 0.267. The van der Waals surface area contributed by atoms with Crippen molar-refractivity contribution in [3.05, 3.63) is 52.6 Å². The Balaban J connectivity index is 1.99. The molecule has 2 heterocycles. The molecule has 0 spiro atoms. The van der Waals surface area contributed by atoms with Crippen LogP contribution in [0.2, 0.25) is 0 Å². The first-order valence-corrected chi connectivity index (χ1v) is 7.35. The van der Waals surface area contributed by atoms with Crippen LogP contribution in [0.3, 0.4) is 0 Å². The first-order valence-electron chi connectivity index (χ1n) is 6.47. The smallest absolute Gasteiger partial charge is 0.0794 e. The molecule has 0 amide bonds. The third kappa shape index (κ3) is 2.55. The molecule has 0 bridgehead atoms. The standard InChI is InChI=1S/C15H17N3S/c1-16-7-6-12-9-18(10-13-8-17-11-19-13)15-5-3-2-4-14(12)15/h2-5,8-9,11,16H,6-7,10H2,1H3. The number of benzene rings is 1. The largest absolute Gasteiger partial charge is 0.342 e. The summed E-state index contributed by atoms with van der Waals surface area (Å²) in [5, 5.41) is 4.58. The zero-order valence-corrected chi connectivity index (χ0v) is 11.8. The number of nitrogens with zero attached hydrogens (tertiary/aromatic N) is 2. The number of rotatable bonds is 5. The van der Waals surface area contributed by atoms with Gasteiger partial charge in [-0.05, 0) is 31.6 Å². The Morgan fingerprint density at radius 2 is 2.21 bits per heavy atom. The maximum absolute atomic E-state index is 4.15. The summed E-state index contributed by atoms with van der Waals surface area (Å²) in [6.07, 6.45) is 5.29. The zero-order valence-electron chi connectivity index (χ0n) is 11.0. The van der Waals surface area contributed by atoms with Gasteiger partial charge in [-0.1, -0.05) is 18.2 Å². The van der Waals surface area contributed by atoms with E-state index in [1.165, 1.54) is 21.3 Å². The lowest BCUT2D eigenvalue weighted by molar-refractivity contribution is 0.784. The van der Waals surface area contributed by atoms with Crippen LogP contribution in [0.1, 0.15) is 10.4 Å². The Morgan fingerprint density at radius 1 is 1.32 bits per heavy atom. The van der Waals surface area contributed by atoms with E-state index in [1.807, 2.05) is 18.8 Å². The van der Waals surface area contributed by atoms with Gasteiger partial charge >= 0.3 is 0 Å². The molecule has 2 aromatic heterocycles. The third-order valence-electron chi connectivity index (χ3n) is 3.33. The van der Waals surface area contributed by atoms with E-state index in [-0.39, 0.29) is 0 Å². The highest BCUT2D eigenvalue weighted by atomic mass is 32.1. The van der Waals surface area contributed by atoms with Gasteiger partial charge in [0.15, 0.2) is 0 Å². The summed E-state index contributed by atoms with van der Waals surface area (Å²) >= 11 is 1.71. The highest BCUT2D eigenvalue weighted by molar-refractivity contribution is 7.09. The molecule has 0 atom stereocenters. The van der Waals surface area contributed by atoms with Gasteiger partial charge < -0.3 is 9.88 Å². The van der Waals surface area contributed by atoms with Crippen molar-refractivity contribution >= 4 is 22.2 Å². The number of fused-ring (bicyclic) bond motifs is 1. The predicted molar refractivity (Wildman–Crippen MR) is 80.8 cm³/mol. The molecule has 0 fully saturated rings. The molecule has 0 aliphatic rings. The summed E-state index contributed by atoms with van der Waals surface area (Å²) < 4.78 is 2.33. The number of thiazole rings is 1. The van der Waals surface area contributed by atoms with E-state index < -0.39 is 0 Å². The second-order valence-electron chi connectivity index (χ2n) is 4.62. The first-order chi connectivity index (χ1) is 9.38. The molecule has 1 aromatic carbocycles. The molecular weight excluding hydrogens is 254 g/mol. The van der Waals surface area contributed by atoms with Crippen LogP contribution in [0.25, 0.3) is 10.9 Å². The van der Waals surface area contributed by atoms with Gasteiger partial charge in [0.2, 0.25) is 0 Å². The number of nitrogens with one attached hydrogen (secondary N) is 1. The molecule has 0 aliphatic carbocycles. The van der Waals surface area contributed by atoms with Gasteiger partial charge in [-0.2, -0.15) is 0 Å². The van der Waals surface area contributed by atoms with E-state index >= 15 is 0 Å². The van der Waals surface area contributed by atoms with E-state index in [4.69, 9.17) is 0 Å². The lowest BCUT2D eigenvalue weighted by Gasteiger charge is -2.01. The van der Waals surface area contributed by atoms with Gasteiger partial charge in [0.1, 0.15) is 0 Å². The van der Waals surface area contributed by atoms with Crippen LogP contribution in [-0.2, 0) is 13.0 Å². The molecule has 98 valence electrons. The topological polar surface area (TPSA) is 29.9 Å². The zero-order chi connectivity index (χ0) is 13.1. The van der Waals surface area contributed by atoms with Crippen LogP contribution >= 0.6 is 11.3 Å². The number of hydrogen-bond acceptors (Lipinski definition) is 3. The Bertz CT molecular complexity index is 655. The van der Waals surface area contributed by atoms with Crippen LogP contribution in [-0.4, -0.2) is 23.1 Å². The van der Waals surface area contributed by atoms with E-state index in [1.54, 1.807) is 11.3 Å². The number of likely N-dealkylation sites (N-methyl/N-ethyl adjacent to an activating group) is 1. The Kier molecular flexibility index (Phi) is 3.62. The first kappa shape index (κ1) is 12.4. The fourth-order valence-electron chi connectivity index (χ4n) is 2.40. The molecule has 0 saturated carbocycles. The van der Waals surface area contributed by atoms with E-state index in [2.05, 4.69) is 45.3 Å². The highest BCUT2D eigenvalue weighted by Crippen LogP contribution is 2.23. The molecule has 1 N–H and O–H groups in total. The summed E-state index contributed by atoms with van der Waals surface area (Å²) in [6, 6.07) is 8.62.